The average Bonchev–Trinajstić information content (AvgIpc) is 3.36. The predicted molar refractivity (Wildman–Crippen MR) is 275 cm³/mol. The predicted octanol–water partition coefficient (Wildman–Crippen LogP) is 9.74. The molecule has 0 aliphatic rings. The van der Waals surface area contributed by atoms with Gasteiger partial charge in [0.15, 0.2) is 0 Å². The molecule has 0 unspecified atom stereocenters. The number of benzene rings is 6. The summed E-state index contributed by atoms with van der Waals surface area (Å²) in [5, 5.41) is 7.09. The van der Waals surface area contributed by atoms with Crippen molar-refractivity contribution in [2.45, 2.75) is 80.6 Å². The lowest BCUT2D eigenvalue weighted by Crippen LogP contribution is -2.38. The number of carbonyl (C=O) groups excluding carboxylic acids is 1. The number of ether oxygens (including phenoxy) is 4. The van der Waals surface area contributed by atoms with Gasteiger partial charge in [-0.3, -0.25) is 12.5 Å². The summed E-state index contributed by atoms with van der Waals surface area (Å²) in [7, 11) is -12.1. The summed E-state index contributed by atoms with van der Waals surface area (Å²) in [5.41, 5.74) is 2.77. The van der Waals surface area contributed by atoms with Gasteiger partial charge in [-0.05, 0) is 97.6 Å². The van der Waals surface area contributed by atoms with E-state index in [2.05, 4.69) is 11.4 Å². The number of fused-ring (bicyclic) bond motifs is 2. The monoisotopic (exact) mass is 1050 g/mol. The second kappa shape index (κ2) is 27.1. The van der Waals surface area contributed by atoms with Crippen LogP contribution in [0, 0.1) is 26.2 Å². The van der Waals surface area contributed by atoms with Gasteiger partial charge in [-0.25, -0.2) is 4.79 Å². The van der Waals surface area contributed by atoms with E-state index in [1.54, 1.807) is 36.4 Å². The van der Waals surface area contributed by atoms with E-state index >= 15 is 0 Å². The van der Waals surface area contributed by atoms with Crippen LogP contribution in [0.4, 0.5) is 4.79 Å². The first-order chi connectivity index (χ1) is 34.6. The number of rotatable bonds is 31. The third-order valence-corrected chi connectivity index (χ3v) is 15.9. The van der Waals surface area contributed by atoms with Crippen molar-refractivity contribution >= 4 is 58.0 Å². The van der Waals surface area contributed by atoms with Crippen molar-refractivity contribution in [3.05, 3.63) is 150 Å². The Labute approximate surface area is 424 Å². The maximum Gasteiger partial charge on any atom is 0.407 e. The zero-order chi connectivity index (χ0) is 51.5. The minimum Gasteiger partial charge on any atom is -0.445 e. The fourth-order valence-electron chi connectivity index (χ4n) is 7.93. The summed E-state index contributed by atoms with van der Waals surface area (Å²) in [5.74, 6) is 0. The molecule has 1 amide bonds. The fourth-order valence-corrected chi connectivity index (χ4v) is 10.6. The van der Waals surface area contributed by atoms with E-state index in [-0.39, 0.29) is 80.8 Å². The van der Waals surface area contributed by atoms with Crippen LogP contribution in [0.2, 0.25) is 0 Å². The molecule has 72 heavy (non-hydrogen) atoms. The zero-order valence-corrected chi connectivity index (χ0v) is 43.5. The van der Waals surface area contributed by atoms with Crippen LogP contribution in [0.3, 0.4) is 0 Å². The Morgan fingerprint density at radius 2 is 0.847 bits per heavy atom. The molecular formula is C54H65NO14S3. The highest BCUT2D eigenvalue weighted by Crippen LogP contribution is 2.30. The largest absolute Gasteiger partial charge is 0.445 e. The maximum absolute atomic E-state index is 12.9. The van der Waals surface area contributed by atoms with E-state index in [0.29, 0.717) is 19.4 Å². The number of hydrogen-bond donors (Lipinski definition) is 1. The van der Waals surface area contributed by atoms with E-state index < -0.39 is 41.9 Å². The number of nitrogens with one attached hydrogen (secondary N) is 1. The molecule has 6 aromatic carbocycles. The number of unbranched alkanes of at least 4 members (excludes halogenated alkanes) is 4. The molecule has 0 fully saturated rings. The van der Waals surface area contributed by atoms with Crippen LogP contribution in [-0.2, 0) is 68.5 Å². The second-order valence-electron chi connectivity index (χ2n) is 17.7. The normalized spacial score (nSPS) is 12.4. The van der Waals surface area contributed by atoms with Crippen LogP contribution in [-0.4, -0.2) is 97.4 Å². The smallest absolute Gasteiger partial charge is 0.407 e. The zero-order valence-electron chi connectivity index (χ0n) is 41.1. The molecule has 1 N–H and O–H groups in total. The van der Waals surface area contributed by atoms with Gasteiger partial charge < -0.3 is 24.3 Å². The third-order valence-electron chi connectivity index (χ3n) is 11.9. The van der Waals surface area contributed by atoms with E-state index in [1.807, 2.05) is 69.3 Å². The van der Waals surface area contributed by atoms with E-state index in [9.17, 15) is 30.0 Å². The molecule has 6 aromatic rings. The number of carbonyl (C=O) groups is 1. The topological polar surface area (TPSA) is 196 Å². The fraction of sp³-hybridized carbons (Fsp3) is 0.389. The van der Waals surface area contributed by atoms with Gasteiger partial charge >= 0.3 is 6.09 Å². The highest BCUT2D eigenvalue weighted by molar-refractivity contribution is 7.87. The number of hydrogen-bond acceptors (Lipinski definition) is 14. The van der Waals surface area contributed by atoms with Crippen molar-refractivity contribution in [1.82, 2.24) is 5.32 Å². The van der Waals surface area contributed by atoms with Gasteiger partial charge in [-0.2, -0.15) is 25.3 Å². The second-order valence-corrected chi connectivity index (χ2v) is 22.6. The molecule has 0 saturated heterocycles. The Bertz CT molecular complexity index is 2740. The van der Waals surface area contributed by atoms with Crippen molar-refractivity contribution in [1.29, 1.82) is 0 Å². The Morgan fingerprint density at radius 1 is 0.472 bits per heavy atom. The molecular weight excluding hydrogens is 983 g/mol. The molecule has 18 heteroatoms. The van der Waals surface area contributed by atoms with Crippen LogP contribution < -0.4 is 5.32 Å². The molecule has 0 heterocycles. The number of alkyl carbamates (subject to hydrolysis) is 1. The maximum atomic E-state index is 12.9. The average molecular weight is 1050 g/mol. The van der Waals surface area contributed by atoms with Gasteiger partial charge in [0.1, 0.15) is 6.61 Å². The molecule has 0 aliphatic carbocycles. The first-order valence-corrected chi connectivity index (χ1v) is 28.2. The molecule has 6 rings (SSSR count). The van der Waals surface area contributed by atoms with Gasteiger partial charge in [-0.15, -0.1) is 0 Å². The minimum absolute atomic E-state index is 0.0175. The van der Waals surface area contributed by atoms with E-state index in [1.165, 1.54) is 36.4 Å². The summed E-state index contributed by atoms with van der Waals surface area (Å²) >= 11 is 0. The SMILES string of the molecule is Cc1ccc(S(=O)(=O)OCCOCC(CCCCCCCNC(=O)OCc2c3ccccc3cc3ccccc23)(COCCOS(=O)(=O)c2ccc(C)cc2)COCCOS(=O)(=O)c2ccc(C)cc2)cc1. The highest BCUT2D eigenvalue weighted by Gasteiger charge is 2.32. The van der Waals surface area contributed by atoms with Crippen LogP contribution in [0.25, 0.3) is 21.5 Å². The Morgan fingerprint density at radius 3 is 1.26 bits per heavy atom. The Kier molecular flexibility index (Phi) is 21.1. The van der Waals surface area contributed by atoms with Gasteiger partial charge in [0.2, 0.25) is 0 Å². The number of amides is 1. The lowest BCUT2D eigenvalue weighted by atomic mass is 9.84. The van der Waals surface area contributed by atoms with Crippen molar-refractivity contribution in [3.63, 3.8) is 0 Å². The van der Waals surface area contributed by atoms with Gasteiger partial charge in [0, 0.05) is 17.5 Å². The number of aryl methyl sites for hydroxylation is 3. The Hall–Kier alpha value is -5.28. The summed E-state index contributed by atoms with van der Waals surface area (Å²) in [6.07, 6.45) is 3.83. The standard InChI is InChI=1S/C54H65NO14S3/c1-42-17-23-47(24-18-42)70(57,58)67-34-31-63-39-54(40-64-32-35-68-71(59,60)48-25-19-43(2)20-26-48,41-65-33-36-69-72(61,62)49-27-21-44(3)22-28-49)29-11-5-4-6-12-30-55-53(56)66-38-52-50-15-9-7-13-45(50)37-46-14-8-10-16-51(46)52/h7-10,13-28,37H,4-6,11-12,29-36,38-41H2,1-3H3,(H,55,56). The van der Waals surface area contributed by atoms with E-state index in [0.717, 1.165) is 69.5 Å². The van der Waals surface area contributed by atoms with Crippen LogP contribution >= 0.6 is 0 Å². The minimum atomic E-state index is -4.05. The summed E-state index contributed by atoms with van der Waals surface area (Å²) in [6.45, 7) is 5.04. The molecule has 0 spiro atoms. The van der Waals surface area contributed by atoms with Gasteiger partial charge in [-0.1, -0.05) is 127 Å². The lowest BCUT2D eigenvalue weighted by molar-refractivity contribution is -0.0819. The summed E-state index contributed by atoms with van der Waals surface area (Å²) in [4.78, 5) is 12.9. The van der Waals surface area contributed by atoms with Gasteiger partial charge in [0.25, 0.3) is 30.4 Å². The molecule has 0 saturated carbocycles. The molecule has 0 atom stereocenters. The van der Waals surface area contributed by atoms with Crippen LogP contribution in [0.5, 0.6) is 0 Å². The molecule has 0 bridgehead atoms. The first-order valence-electron chi connectivity index (χ1n) is 24.0. The van der Waals surface area contributed by atoms with Crippen LogP contribution in [0.15, 0.2) is 142 Å². The molecule has 0 aromatic heterocycles. The summed E-state index contributed by atoms with van der Waals surface area (Å²) < 4.78 is 117. The van der Waals surface area contributed by atoms with Crippen molar-refractivity contribution < 1.29 is 61.5 Å². The first kappa shape index (κ1) is 56.0. The van der Waals surface area contributed by atoms with Crippen molar-refractivity contribution in [3.8, 4) is 0 Å². The quantitative estimate of drug-likeness (QED) is 0.0245. The molecule has 15 nitrogen and oxygen atoms in total. The van der Waals surface area contributed by atoms with Crippen LogP contribution in [0.1, 0.15) is 60.8 Å². The third kappa shape index (κ3) is 17.2. The molecule has 388 valence electrons. The molecule has 0 aliphatic heterocycles. The van der Waals surface area contributed by atoms with Crippen molar-refractivity contribution in [2.24, 2.45) is 5.41 Å². The summed E-state index contributed by atoms with van der Waals surface area (Å²) in [6, 6.07) is 37.1. The van der Waals surface area contributed by atoms with Gasteiger partial charge in [0.05, 0.1) is 74.1 Å². The highest BCUT2D eigenvalue weighted by atomic mass is 32.2. The lowest BCUT2D eigenvalue weighted by Gasteiger charge is -2.33. The molecule has 0 radical (unpaired) electrons. The van der Waals surface area contributed by atoms with Crippen molar-refractivity contribution in [2.75, 3.05) is 66.0 Å². The van der Waals surface area contributed by atoms with E-state index in [4.69, 9.17) is 31.5 Å². The Balaban J connectivity index is 1.04.